The lowest BCUT2D eigenvalue weighted by Crippen LogP contribution is -2.50. The highest BCUT2D eigenvalue weighted by molar-refractivity contribution is 7.89. The summed E-state index contributed by atoms with van der Waals surface area (Å²) in [5.74, 6) is 0.548. The summed E-state index contributed by atoms with van der Waals surface area (Å²) in [6.07, 6.45) is 3.45. The Hall–Kier alpha value is -2.88. The Labute approximate surface area is 222 Å². The molecule has 0 radical (unpaired) electrons. The van der Waals surface area contributed by atoms with Gasteiger partial charge in [-0.25, -0.2) is 8.42 Å². The van der Waals surface area contributed by atoms with Gasteiger partial charge < -0.3 is 9.64 Å². The molecule has 0 N–H and O–H groups in total. The van der Waals surface area contributed by atoms with Crippen molar-refractivity contribution >= 4 is 27.3 Å². The predicted molar refractivity (Wildman–Crippen MR) is 145 cm³/mol. The largest absolute Gasteiger partial charge is 0.478 e. The number of ether oxygens (including phenoxy) is 1. The molecule has 0 spiro atoms. The highest BCUT2D eigenvalue weighted by Gasteiger charge is 2.37. The number of rotatable bonds is 8. The van der Waals surface area contributed by atoms with Gasteiger partial charge >= 0.3 is 5.56 Å². The molecule has 1 unspecified atom stereocenters. The number of hydrogen-bond acceptors (Lipinski definition) is 6. The lowest BCUT2D eigenvalue weighted by Gasteiger charge is -2.36. The van der Waals surface area contributed by atoms with Gasteiger partial charge in [-0.1, -0.05) is 48.0 Å². The minimum atomic E-state index is -3.35. The zero-order valence-corrected chi connectivity index (χ0v) is 22.5. The second-order valence-corrected chi connectivity index (χ2v) is 12.7. The van der Waals surface area contributed by atoms with Gasteiger partial charge in [0, 0.05) is 37.1 Å². The van der Waals surface area contributed by atoms with Crippen LogP contribution in [-0.4, -0.2) is 53.9 Å². The molecule has 196 valence electrons. The molecule has 2 aromatic carbocycles. The number of piperazine rings is 1. The van der Waals surface area contributed by atoms with E-state index in [1.165, 1.54) is 8.99 Å². The van der Waals surface area contributed by atoms with Crippen LogP contribution in [0.15, 0.2) is 65.6 Å². The number of nitrogens with zero attached hydrogens (tertiary/aromatic N) is 4. The Morgan fingerprint density at radius 1 is 1.00 bits per heavy atom. The van der Waals surface area contributed by atoms with Gasteiger partial charge in [-0.05, 0) is 50.5 Å². The van der Waals surface area contributed by atoms with E-state index in [-0.39, 0.29) is 17.4 Å². The Balaban J connectivity index is 1.52. The fourth-order valence-electron chi connectivity index (χ4n) is 4.64. The lowest BCUT2D eigenvalue weighted by atomic mass is 10.1. The Morgan fingerprint density at radius 2 is 1.70 bits per heavy atom. The lowest BCUT2D eigenvalue weighted by molar-refractivity contribution is 0.178. The molecule has 37 heavy (non-hydrogen) atoms. The Bertz CT molecular complexity index is 1420. The van der Waals surface area contributed by atoms with Crippen molar-refractivity contribution < 1.29 is 13.2 Å². The van der Waals surface area contributed by atoms with Crippen molar-refractivity contribution in [3.63, 3.8) is 0 Å². The zero-order valence-electron chi connectivity index (χ0n) is 21.0. The molecule has 0 amide bonds. The SMILES string of the molecule is CC(C)S(=O)(=O)N1CCN(c2cnn(-c3cccc(Cl)c3)c(=O)c2OC(c2ccccc2)C2CC2)CC1. The molecule has 1 atom stereocenters. The molecule has 8 nitrogen and oxygen atoms in total. The van der Waals surface area contributed by atoms with Crippen LogP contribution < -0.4 is 15.2 Å². The maximum Gasteiger partial charge on any atom is 0.316 e. The molecule has 1 aromatic heterocycles. The maximum absolute atomic E-state index is 13.9. The fraction of sp³-hybridized carbons (Fsp3) is 0.407. The van der Waals surface area contributed by atoms with Crippen LogP contribution in [0.25, 0.3) is 5.69 Å². The second kappa shape index (κ2) is 10.5. The molecule has 1 aliphatic heterocycles. The summed E-state index contributed by atoms with van der Waals surface area (Å²) in [7, 11) is -3.35. The van der Waals surface area contributed by atoms with Crippen LogP contribution in [0, 0.1) is 5.92 Å². The van der Waals surface area contributed by atoms with Gasteiger partial charge in [0.2, 0.25) is 15.8 Å². The second-order valence-electron chi connectivity index (χ2n) is 9.82. The number of sulfonamides is 1. The van der Waals surface area contributed by atoms with E-state index in [1.54, 1.807) is 44.3 Å². The third-order valence-corrected chi connectivity index (χ3v) is 9.44. The third-order valence-electron chi connectivity index (χ3n) is 6.93. The normalized spacial score (nSPS) is 17.7. The zero-order chi connectivity index (χ0) is 26.2. The predicted octanol–water partition coefficient (Wildman–Crippen LogP) is 4.28. The summed E-state index contributed by atoms with van der Waals surface area (Å²) in [5.41, 5.74) is 1.77. The van der Waals surface area contributed by atoms with E-state index in [4.69, 9.17) is 16.3 Å². The van der Waals surface area contributed by atoms with E-state index in [2.05, 4.69) is 5.10 Å². The van der Waals surface area contributed by atoms with Crippen molar-refractivity contribution in [2.24, 2.45) is 5.92 Å². The average molecular weight is 543 g/mol. The van der Waals surface area contributed by atoms with Gasteiger partial charge in [0.25, 0.3) is 0 Å². The van der Waals surface area contributed by atoms with Gasteiger partial charge in [0.1, 0.15) is 11.8 Å². The van der Waals surface area contributed by atoms with Gasteiger partial charge in [0.15, 0.2) is 0 Å². The third kappa shape index (κ3) is 5.39. The Kier molecular flexibility index (Phi) is 7.29. The minimum Gasteiger partial charge on any atom is -0.478 e. The van der Waals surface area contributed by atoms with Crippen molar-refractivity contribution in [3.8, 4) is 11.4 Å². The fourth-order valence-corrected chi connectivity index (χ4v) is 6.10. The van der Waals surface area contributed by atoms with Crippen molar-refractivity contribution in [2.75, 3.05) is 31.1 Å². The summed E-state index contributed by atoms with van der Waals surface area (Å²) in [6.45, 7) is 4.92. The van der Waals surface area contributed by atoms with E-state index in [0.29, 0.717) is 48.5 Å². The number of benzene rings is 2. The van der Waals surface area contributed by atoms with E-state index in [1.807, 2.05) is 35.2 Å². The Morgan fingerprint density at radius 3 is 2.32 bits per heavy atom. The summed E-state index contributed by atoms with van der Waals surface area (Å²) in [5, 5.41) is 4.47. The first-order chi connectivity index (χ1) is 17.8. The summed E-state index contributed by atoms with van der Waals surface area (Å²) < 4.78 is 34.7. The first-order valence-corrected chi connectivity index (χ1v) is 14.5. The molecule has 1 aliphatic carbocycles. The standard InChI is InChI=1S/C27H31ClN4O4S/c1-19(2)37(34,35)31-15-13-30(14-16-31)24-18-29-32(23-10-6-9-22(28)17-23)27(33)26(24)36-25(21-11-12-21)20-7-4-3-5-8-20/h3-10,17-19,21,25H,11-16H2,1-2H3. The van der Waals surface area contributed by atoms with E-state index in [9.17, 15) is 13.2 Å². The monoisotopic (exact) mass is 542 g/mol. The molecule has 5 rings (SSSR count). The highest BCUT2D eigenvalue weighted by Crippen LogP contribution is 2.44. The van der Waals surface area contributed by atoms with E-state index < -0.39 is 15.3 Å². The number of anilines is 1. The van der Waals surface area contributed by atoms with Crippen molar-refractivity contribution in [1.29, 1.82) is 0 Å². The highest BCUT2D eigenvalue weighted by atomic mass is 35.5. The van der Waals surface area contributed by atoms with Crippen molar-refractivity contribution in [3.05, 3.63) is 81.7 Å². The van der Waals surface area contributed by atoms with Crippen molar-refractivity contribution in [2.45, 2.75) is 38.0 Å². The molecule has 2 aliphatic rings. The van der Waals surface area contributed by atoms with E-state index >= 15 is 0 Å². The molecule has 2 heterocycles. The molecular weight excluding hydrogens is 512 g/mol. The summed E-state index contributed by atoms with van der Waals surface area (Å²) >= 11 is 6.19. The average Bonchev–Trinajstić information content (AvgIpc) is 3.74. The minimum absolute atomic E-state index is 0.218. The van der Waals surface area contributed by atoms with Crippen LogP contribution in [0.2, 0.25) is 5.02 Å². The molecule has 2 fully saturated rings. The van der Waals surface area contributed by atoms with Gasteiger partial charge in [0.05, 0.1) is 17.1 Å². The van der Waals surface area contributed by atoms with Crippen LogP contribution in [0.4, 0.5) is 5.69 Å². The quantitative estimate of drug-likeness (QED) is 0.422. The van der Waals surface area contributed by atoms with Crippen LogP contribution in [0.1, 0.15) is 38.4 Å². The van der Waals surface area contributed by atoms with Gasteiger partial charge in [-0.3, -0.25) is 4.79 Å². The molecule has 0 bridgehead atoms. The molecule has 1 saturated carbocycles. The number of halogens is 1. The molecular formula is C27H31ClN4O4S. The smallest absolute Gasteiger partial charge is 0.316 e. The summed E-state index contributed by atoms with van der Waals surface area (Å²) in [6, 6.07) is 16.9. The molecule has 1 saturated heterocycles. The topological polar surface area (TPSA) is 84.7 Å². The van der Waals surface area contributed by atoms with Crippen LogP contribution in [0.5, 0.6) is 5.75 Å². The summed E-state index contributed by atoms with van der Waals surface area (Å²) in [4.78, 5) is 15.9. The molecule has 3 aromatic rings. The molecule has 10 heteroatoms. The first-order valence-electron chi connectivity index (χ1n) is 12.6. The van der Waals surface area contributed by atoms with Crippen LogP contribution in [-0.2, 0) is 10.0 Å². The number of aromatic nitrogens is 2. The van der Waals surface area contributed by atoms with Crippen LogP contribution in [0.3, 0.4) is 0 Å². The van der Waals surface area contributed by atoms with Gasteiger partial charge in [-0.15, -0.1) is 0 Å². The first kappa shape index (κ1) is 25.8. The van der Waals surface area contributed by atoms with Crippen LogP contribution >= 0.6 is 11.6 Å². The van der Waals surface area contributed by atoms with Crippen molar-refractivity contribution in [1.82, 2.24) is 14.1 Å². The van der Waals surface area contributed by atoms with Gasteiger partial charge in [-0.2, -0.15) is 14.1 Å². The number of hydrogen-bond donors (Lipinski definition) is 0. The van der Waals surface area contributed by atoms with E-state index in [0.717, 1.165) is 18.4 Å². The maximum atomic E-state index is 13.9.